The zero-order valence-electron chi connectivity index (χ0n) is 11.9. The lowest BCUT2D eigenvalue weighted by Gasteiger charge is -2.26. The van der Waals surface area contributed by atoms with Crippen molar-refractivity contribution < 1.29 is 14.6 Å². The lowest BCUT2D eigenvalue weighted by Crippen LogP contribution is -2.36. The molecule has 0 saturated heterocycles. The van der Waals surface area contributed by atoms with Crippen molar-refractivity contribution in [2.45, 2.75) is 51.4 Å². The highest BCUT2D eigenvalue weighted by atomic mass is 16.5. The number of aliphatic hydroxyl groups is 1. The fourth-order valence-electron chi connectivity index (χ4n) is 2.93. The Morgan fingerprint density at radius 1 is 1.50 bits per heavy atom. The molecule has 1 aliphatic carbocycles. The summed E-state index contributed by atoms with van der Waals surface area (Å²) in [6, 6.07) is 0.275. The Balaban J connectivity index is 1.88. The molecule has 1 aromatic rings. The molecule has 2 heterocycles. The Morgan fingerprint density at radius 3 is 2.90 bits per heavy atom. The number of hydrogen-bond acceptors (Lipinski definition) is 4. The number of aliphatic hydroxyl groups excluding tert-OH is 1. The van der Waals surface area contributed by atoms with Gasteiger partial charge < -0.3 is 14.7 Å². The number of aromatic nitrogens is 2. The van der Waals surface area contributed by atoms with Crippen LogP contribution in [0.4, 0.5) is 0 Å². The van der Waals surface area contributed by atoms with Crippen LogP contribution in [0.1, 0.15) is 54.5 Å². The summed E-state index contributed by atoms with van der Waals surface area (Å²) in [5, 5.41) is 16.3. The molecule has 6 nitrogen and oxygen atoms in total. The van der Waals surface area contributed by atoms with Crippen LogP contribution >= 0.6 is 0 Å². The minimum atomic E-state index is -0.0691. The van der Waals surface area contributed by atoms with Crippen LogP contribution < -0.4 is 0 Å². The fraction of sp³-hybridized carbons (Fsp3) is 0.714. The first kappa shape index (κ1) is 13.6. The number of H-pyrrole nitrogens is 1. The molecule has 0 radical (unpaired) electrons. The first-order chi connectivity index (χ1) is 9.61. The number of fused-ring (bicyclic) bond motifs is 1. The molecule has 110 valence electrons. The van der Waals surface area contributed by atoms with Crippen molar-refractivity contribution >= 4 is 5.91 Å². The molecule has 1 amide bonds. The van der Waals surface area contributed by atoms with E-state index in [2.05, 4.69) is 10.2 Å². The third-order valence-corrected chi connectivity index (χ3v) is 4.03. The Labute approximate surface area is 118 Å². The number of aromatic amines is 1. The van der Waals surface area contributed by atoms with Crippen LogP contribution in [0.15, 0.2) is 0 Å². The van der Waals surface area contributed by atoms with E-state index < -0.39 is 0 Å². The van der Waals surface area contributed by atoms with Gasteiger partial charge in [0.05, 0.1) is 24.5 Å². The predicted octanol–water partition coefficient (Wildman–Crippen LogP) is 1.03. The molecule has 1 fully saturated rings. The van der Waals surface area contributed by atoms with E-state index in [1.807, 2.05) is 13.8 Å². The molecule has 6 heteroatoms. The quantitative estimate of drug-likeness (QED) is 0.863. The SMILES string of the molecule is C[C@@H]1Cc2c(C(=O)N(CCO)C3CC3)n[nH]c2[C@H](C)O1. The second kappa shape index (κ2) is 5.18. The number of carbonyl (C=O) groups excluding carboxylic acids is 1. The molecule has 2 N–H and O–H groups in total. The molecule has 2 aliphatic rings. The molecule has 0 unspecified atom stereocenters. The van der Waals surface area contributed by atoms with Gasteiger partial charge in [0.1, 0.15) is 0 Å². The monoisotopic (exact) mass is 279 g/mol. The molecule has 1 saturated carbocycles. The van der Waals surface area contributed by atoms with Gasteiger partial charge in [-0.3, -0.25) is 9.89 Å². The Bertz CT molecular complexity index is 510. The molecular weight excluding hydrogens is 258 g/mol. The van der Waals surface area contributed by atoms with E-state index in [4.69, 9.17) is 9.84 Å². The van der Waals surface area contributed by atoms with Crippen molar-refractivity contribution in [2.75, 3.05) is 13.2 Å². The van der Waals surface area contributed by atoms with E-state index in [1.54, 1.807) is 4.90 Å². The highest BCUT2D eigenvalue weighted by Crippen LogP contribution is 2.33. The number of nitrogens with zero attached hydrogens (tertiary/aromatic N) is 2. The van der Waals surface area contributed by atoms with Gasteiger partial charge in [-0.2, -0.15) is 5.10 Å². The minimum Gasteiger partial charge on any atom is -0.395 e. The van der Waals surface area contributed by atoms with Crippen molar-refractivity contribution in [3.8, 4) is 0 Å². The Hall–Kier alpha value is -1.40. The number of nitrogens with one attached hydrogen (secondary N) is 1. The van der Waals surface area contributed by atoms with Crippen LogP contribution in [0.5, 0.6) is 0 Å². The van der Waals surface area contributed by atoms with Gasteiger partial charge in [-0.15, -0.1) is 0 Å². The molecule has 20 heavy (non-hydrogen) atoms. The molecule has 2 atom stereocenters. The predicted molar refractivity (Wildman–Crippen MR) is 72.4 cm³/mol. The van der Waals surface area contributed by atoms with Crippen molar-refractivity contribution in [3.05, 3.63) is 17.0 Å². The summed E-state index contributed by atoms with van der Waals surface area (Å²) in [6.07, 6.45) is 2.78. The smallest absolute Gasteiger partial charge is 0.274 e. The standard InChI is InChI=1S/C14H21N3O3/c1-8-7-11-12(9(2)20-8)15-16-13(11)14(19)17(5-6-18)10-3-4-10/h8-10,18H,3-7H2,1-2H3,(H,15,16)/t8-,9+/m1/s1. The number of rotatable bonds is 4. The summed E-state index contributed by atoms with van der Waals surface area (Å²) >= 11 is 0. The zero-order chi connectivity index (χ0) is 14.3. The van der Waals surface area contributed by atoms with Gasteiger partial charge in [0, 0.05) is 24.6 Å². The summed E-state index contributed by atoms with van der Waals surface area (Å²) in [7, 11) is 0. The first-order valence-corrected chi connectivity index (χ1v) is 7.26. The number of carbonyl (C=O) groups is 1. The topological polar surface area (TPSA) is 78.5 Å². The summed E-state index contributed by atoms with van der Waals surface area (Å²) in [5.41, 5.74) is 2.39. The van der Waals surface area contributed by atoms with E-state index in [0.29, 0.717) is 18.7 Å². The highest BCUT2D eigenvalue weighted by molar-refractivity contribution is 5.94. The van der Waals surface area contributed by atoms with Crippen LogP contribution in [0.2, 0.25) is 0 Å². The number of ether oxygens (including phenoxy) is 1. The van der Waals surface area contributed by atoms with Crippen LogP contribution in [0, 0.1) is 0 Å². The van der Waals surface area contributed by atoms with Gasteiger partial charge in [0.15, 0.2) is 5.69 Å². The van der Waals surface area contributed by atoms with E-state index in [-0.39, 0.29) is 30.8 Å². The molecule has 1 aliphatic heterocycles. The number of amides is 1. The summed E-state index contributed by atoms with van der Waals surface area (Å²) in [5.74, 6) is -0.0691. The second-order valence-electron chi connectivity index (χ2n) is 5.71. The minimum absolute atomic E-state index is 0.00916. The fourth-order valence-corrected chi connectivity index (χ4v) is 2.93. The lowest BCUT2D eigenvalue weighted by atomic mass is 9.99. The van der Waals surface area contributed by atoms with Crippen molar-refractivity contribution in [1.29, 1.82) is 0 Å². The maximum atomic E-state index is 12.7. The van der Waals surface area contributed by atoms with Crippen molar-refractivity contribution in [1.82, 2.24) is 15.1 Å². The molecule has 0 spiro atoms. The number of hydrogen-bond donors (Lipinski definition) is 2. The normalized spacial score (nSPS) is 25.4. The average Bonchev–Trinajstić information content (AvgIpc) is 3.15. The Kier molecular flexibility index (Phi) is 3.52. The van der Waals surface area contributed by atoms with Crippen LogP contribution in [-0.4, -0.2) is 51.4 Å². The maximum Gasteiger partial charge on any atom is 0.274 e. The third kappa shape index (κ3) is 2.33. The molecule has 0 bridgehead atoms. The molecular formula is C14H21N3O3. The van der Waals surface area contributed by atoms with Gasteiger partial charge >= 0.3 is 0 Å². The lowest BCUT2D eigenvalue weighted by molar-refractivity contribution is -0.00703. The van der Waals surface area contributed by atoms with Gasteiger partial charge in [-0.1, -0.05) is 0 Å². The van der Waals surface area contributed by atoms with Gasteiger partial charge in [0.25, 0.3) is 5.91 Å². The van der Waals surface area contributed by atoms with Crippen LogP contribution in [0.25, 0.3) is 0 Å². The molecule has 3 rings (SSSR count). The van der Waals surface area contributed by atoms with Crippen LogP contribution in [0.3, 0.4) is 0 Å². The van der Waals surface area contributed by atoms with Gasteiger partial charge in [-0.05, 0) is 26.7 Å². The van der Waals surface area contributed by atoms with Crippen LogP contribution in [-0.2, 0) is 11.2 Å². The van der Waals surface area contributed by atoms with Gasteiger partial charge in [-0.25, -0.2) is 0 Å². The van der Waals surface area contributed by atoms with Crippen molar-refractivity contribution in [2.24, 2.45) is 0 Å². The van der Waals surface area contributed by atoms with Gasteiger partial charge in [0.2, 0.25) is 0 Å². The van der Waals surface area contributed by atoms with E-state index in [1.165, 1.54) is 0 Å². The molecule has 1 aromatic heterocycles. The zero-order valence-corrected chi connectivity index (χ0v) is 11.9. The third-order valence-electron chi connectivity index (χ3n) is 4.03. The second-order valence-corrected chi connectivity index (χ2v) is 5.71. The summed E-state index contributed by atoms with van der Waals surface area (Å²) in [4.78, 5) is 14.4. The van der Waals surface area contributed by atoms with E-state index in [0.717, 1.165) is 24.1 Å². The summed E-state index contributed by atoms with van der Waals surface area (Å²) < 4.78 is 5.74. The average molecular weight is 279 g/mol. The Morgan fingerprint density at radius 2 is 2.25 bits per heavy atom. The molecule has 0 aromatic carbocycles. The maximum absolute atomic E-state index is 12.7. The summed E-state index contributed by atoms with van der Waals surface area (Å²) in [6.45, 7) is 4.35. The van der Waals surface area contributed by atoms with Crippen molar-refractivity contribution in [3.63, 3.8) is 0 Å². The first-order valence-electron chi connectivity index (χ1n) is 7.26. The largest absolute Gasteiger partial charge is 0.395 e. The van der Waals surface area contributed by atoms with E-state index >= 15 is 0 Å². The van der Waals surface area contributed by atoms with E-state index in [9.17, 15) is 4.79 Å². The highest BCUT2D eigenvalue weighted by Gasteiger charge is 2.36.